The van der Waals surface area contributed by atoms with Gasteiger partial charge in [-0.3, -0.25) is 0 Å². The maximum absolute atomic E-state index is 8.89. The normalized spacial score (nSPS) is 10.0. The van der Waals surface area contributed by atoms with Crippen molar-refractivity contribution in [2.75, 3.05) is 7.11 Å². The van der Waals surface area contributed by atoms with E-state index < -0.39 is 0 Å². The Morgan fingerprint density at radius 3 is 2.68 bits per heavy atom. The molecule has 0 radical (unpaired) electrons. The fourth-order valence-electron chi connectivity index (χ4n) is 1.72. The summed E-state index contributed by atoms with van der Waals surface area (Å²) >= 11 is 0. The molecule has 1 heterocycles. The molecule has 0 aliphatic carbocycles. The largest absolute Gasteiger partial charge is 0.493 e. The van der Waals surface area contributed by atoms with Gasteiger partial charge in [-0.1, -0.05) is 5.16 Å². The summed E-state index contributed by atoms with van der Waals surface area (Å²) in [5.41, 5.74) is 2.23. The highest BCUT2D eigenvalue weighted by molar-refractivity contribution is 5.46. The number of aromatic nitrogens is 1. The molecule has 0 aliphatic rings. The average Bonchev–Trinajstić information content (AvgIpc) is 2.75. The lowest BCUT2D eigenvalue weighted by molar-refractivity contribution is 0.281. The minimum absolute atomic E-state index is 0.326. The van der Waals surface area contributed by atoms with Gasteiger partial charge in [0.2, 0.25) is 0 Å². The first kappa shape index (κ1) is 13.0. The molecule has 0 atom stereocenters. The average molecular weight is 258 g/mol. The molecule has 0 N–H and O–H groups in total. The number of aryl methyl sites for hydroxylation is 2. The number of methoxy groups -OCH3 is 1. The van der Waals surface area contributed by atoms with Crippen LogP contribution in [0.25, 0.3) is 0 Å². The highest BCUT2D eigenvalue weighted by Gasteiger charge is 2.12. The van der Waals surface area contributed by atoms with E-state index in [-0.39, 0.29) is 0 Å². The van der Waals surface area contributed by atoms with E-state index in [0.717, 1.165) is 17.0 Å². The summed E-state index contributed by atoms with van der Waals surface area (Å²) < 4.78 is 16.0. The van der Waals surface area contributed by atoms with Gasteiger partial charge < -0.3 is 14.0 Å². The zero-order chi connectivity index (χ0) is 13.8. The van der Waals surface area contributed by atoms with Gasteiger partial charge in [-0.25, -0.2) is 0 Å². The Labute approximate surface area is 111 Å². The molecule has 2 rings (SSSR count). The molecule has 1 aromatic heterocycles. The lowest BCUT2D eigenvalue weighted by Gasteiger charge is -2.10. The molecule has 2 aromatic rings. The maximum atomic E-state index is 8.89. The van der Waals surface area contributed by atoms with E-state index in [4.69, 9.17) is 19.3 Å². The van der Waals surface area contributed by atoms with Crippen molar-refractivity contribution in [3.05, 3.63) is 40.8 Å². The lowest BCUT2D eigenvalue weighted by Crippen LogP contribution is -2.00. The number of nitriles is 1. The number of hydrogen-bond donors (Lipinski definition) is 0. The van der Waals surface area contributed by atoms with E-state index in [9.17, 15) is 0 Å². The Hall–Kier alpha value is -2.48. The van der Waals surface area contributed by atoms with Crippen molar-refractivity contribution < 1.29 is 14.0 Å². The Balaban J connectivity index is 2.21. The van der Waals surface area contributed by atoms with Crippen LogP contribution in [0.3, 0.4) is 0 Å². The minimum atomic E-state index is 0.326. The molecule has 0 fully saturated rings. The summed E-state index contributed by atoms with van der Waals surface area (Å²) in [5.74, 6) is 1.85. The first-order chi connectivity index (χ1) is 9.15. The van der Waals surface area contributed by atoms with Gasteiger partial charge in [0, 0.05) is 6.07 Å². The Morgan fingerprint density at radius 2 is 2.11 bits per heavy atom. The third-order valence-electron chi connectivity index (χ3n) is 2.85. The Bertz CT molecular complexity index is 607. The van der Waals surface area contributed by atoms with Crippen LogP contribution in [0.4, 0.5) is 0 Å². The second-order valence-corrected chi connectivity index (χ2v) is 4.07. The zero-order valence-electron chi connectivity index (χ0n) is 11.1. The van der Waals surface area contributed by atoms with Crippen LogP contribution < -0.4 is 9.47 Å². The molecule has 0 saturated heterocycles. The van der Waals surface area contributed by atoms with Crippen molar-refractivity contribution in [2.45, 2.75) is 20.5 Å². The van der Waals surface area contributed by atoms with Crippen molar-refractivity contribution in [1.82, 2.24) is 5.16 Å². The summed E-state index contributed by atoms with van der Waals surface area (Å²) in [6.07, 6.45) is 0. The summed E-state index contributed by atoms with van der Waals surface area (Å²) in [5, 5.41) is 12.8. The first-order valence-corrected chi connectivity index (χ1v) is 5.78. The predicted molar refractivity (Wildman–Crippen MR) is 68.0 cm³/mol. The minimum Gasteiger partial charge on any atom is -0.493 e. The number of ether oxygens (including phenoxy) is 2. The lowest BCUT2D eigenvalue weighted by atomic mass is 10.2. The van der Waals surface area contributed by atoms with E-state index in [2.05, 4.69) is 11.2 Å². The van der Waals surface area contributed by atoms with Gasteiger partial charge in [-0.15, -0.1) is 0 Å². The smallest absolute Gasteiger partial charge is 0.162 e. The van der Waals surface area contributed by atoms with Crippen LogP contribution in [0, 0.1) is 25.2 Å². The van der Waals surface area contributed by atoms with Crippen LogP contribution in [-0.4, -0.2) is 12.3 Å². The van der Waals surface area contributed by atoms with Crippen molar-refractivity contribution in [3.8, 4) is 17.6 Å². The predicted octanol–water partition coefficient (Wildman–Crippen LogP) is 2.75. The van der Waals surface area contributed by atoms with Gasteiger partial charge in [0.25, 0.3) is 0 Å². The third kappa shape index (κ3) is 2.68. The standard InChI is InChI=1S/C14H14N2O3/c1-9-12(10(2)19-16-9)8-18-14-6-11(7-15)4-5-13(14)17-3/h4-6H,8H2,1-3H3. The fourth-order valence-corrected chi connectivity index (χ4v) is 1.72. The molecule has 0 aliphatic heterocycles. The highest BCUT2D eigenvalue weighted by Crippen LogP contribution is 2.29. The number of benzene rings is 1. The monoisotopic (exact) mass is 258 g/mol. The molecule has 98 valence electrons. The van der Waals surface area contributed by atoms with Gasteiger partial charge >= 0.3 is 0 Å². The van der Waals surface area contributed by atoms with Crippen LogP contribution in [0.15, 0.2) is 22.7 Å². The molecule has 0 spiro atoms. The molecule has 0 saturated carbocycles. The quantitative estimate of drug-likeness (QED) is 0.843. The molecule has 5 nitrogen and oxygen atoms in total. The fraction of sp³-hybridized carbons (Fsp3) is 0.286. The molecule has 19 heavy (non-hydrogen) atoms. The van der Waals surface area contributed by atoms with Crippen LogP contribution in [0.1, 0.15) is 22.6 Å². The summed E-state index contributed by atoms with van der Waals surface area (Å²) in [4.78, 5) is 0. The van der Waals surface area contributed by atoms with E-state index in [1.54, 1.807) is 25.3 Å². The third-order valence-corrected chi connectivity index (χ3v) is 2.85. The second-order valence-electron chi connectivity index (χ2n) is 4.07. The van der Waals surface area contributed by atoms with E-state index in [1.165, 1.54) is 0 Å². The first-order valence-electron chi connectivity index (χ1n) is 5.78. The number of hydrogen-bond acceptors (Lipinski definition) is 5. The van der Waals surface area contributed by atoms with Gasteiger partial charge in [0.1, 0.15) is 12.4 Å². The van der Waals surface area contributed by atoms with Crippen LogP contribution in [0.5, 0.6) is 11.5 Å². The van der Waals surface area contributed by atoms with Crippen molar-refractivity contribution in [3.63, 3.8) is 0 Å². The summed E-state index contributed by atoms with van der Waals surface area (Å²) in [6, 6.07) is 7.11. The van der Waals surface area contributed by atoms with Crippen molar-refractivity contribution in [1.29, 1.82) is 5.26 Å². The summed E-state index contributed by atoms with van der Waals surface area (Å²) in [7, 11) is 1.56. The van der Waals surface area contributed by atoms with E-state index in [1.807, 2.05) is 13.8 Å². The SMILES string of the molecule is COc1ccc(C#N)cc1OCc1c(C)noc1C. The van der Waals surface area contributed by atoms with Crippen LogP contribution in [0.2, 0.25) is 0 Å². The molecular weight excluding hydrogens is 244 g/mol. The summed E-state index contributed by atoms with van der Waals surface area (Å²) in [6.45, 7) is 4.02. The maximum Gasteiger partial charge on any atom is 0.162 e. The Morgan fingerprint density at radius 1 is 1.32 bits per heavy atom. The zero-order valence-corrected chi connectivity index (χ0v) is 11.1. The molecule has 1 aromatic carbocycles. The topological polar surface area (TPSA) is 68.3 Å². The Kier molecular flexibility index (Phi) is 3.71. The molecule has 0 amide bonds. The van der Waals surface area contributed by atoms with Gasteiger partial charge in [-0.05, 0) is 26.0 Å². The van der Waals surface area contributed by atoms with E-state index in [0.29, 0.717) is 23.7 Å². The van der Waals surface area contributed by atoms with Gasteiger partial charge in [-0.2, -0.15) is 5.26 Å². The van der Waals surface area contributed by atoms with Crippen molar-refractivity contribution >= 4 is 0 Å². The molecule has 0 unspecified atom stereocenters. The van der Waals surface area contributed by atoms with Crippen LogP contribution >= 0.6 is 0 Å². The van der Waals surface area contributed by atoms with Crippen LogP contribution in [-0.2, 0) is 6.61 Å². The van der Waals surface area contributed by atoms with Gasteiger partial charge in [0.05, 0.1) is 30.0 Å². The van der Waals surface area contributed by atoms with Crippen molar-refractivity contribution in [2.24, 2.45) is 0 Å². The van der Waals surface area contributed by atoms with E-state index >= 15 is 0 Å². The molecular formula is C14H14N2O3. The molecule has 5 heteroatoms. The number of nitrogens with zero attached hydrogens (tertiary/aromatic N) is 2. The molecule has 0 bridgehead atoms. The second kappa shape index (κ2) is 5.44. The highest BCUT2D eigenvalue weighted by atomic mass is 16.5. The number of rotatable bonds is 4. The van der Waals surface area contributed by atoms with Gasteiger partial charge in [0.15, 0.2) is 11.5 Å².